The molecule has 0 saturated carbocycles. The molecule has 90 valence electrons. The first kappa shape index (κ1) is 12.2. The van der Waals surface area contributed by atoms with E-state index in [9.17, 15) is 0 Å². The molecule has 0 fully saturated rings. The van der Waals surface area contributed by atoms with Crippen LogP contribution in [0.15, 0.2) is 22.7 Å². The fraction of sp³-hybridized carbons (Fsp3) is 0.273. The highest BCUT2D eigenvalue weighted by Crippen LogP contribution is 2.28. The molecule has 0 saturated heterocycles. The molecule has 0 radical (unpaired) electrons. The molecule has 1 heterocycles. The molecule has 6 heteroatoms. The number of methoxy groups -OCH3 is 2. The van der Waals surface area contributed by atoms with Crippen LogP contribution >= 0.6 is 22.6 Å². The van der Waals surface area contributed by atoms with E-state index in [4.69, 9.17) is 14.0 Å². The van der Waals surface area contributed by atoms with Gasteiger partial charge in [0.25, 0.3) is 0 Å². The van der Waals surface area contributed by atoms with Crippen LogP contribution in [-0.4, -0.2) is 24.4 Å². The van der Waals surface area contributed by atoms with Crippen LogP contribution in [-0.2, 0) is 6.42 Å². The lowest BCUT2D eigenvalue weighted by molar-refractivity contribution is 0.354. The fourth-order valence-electron chi connectivity index (χ4n) is 1.47. The zero-order chi connectivity index (χ0) is 12.3. The third-order valence-corrected chi connectivity index (χ3v) is 2.68. The topological polar surface area (TPSA) is 57.4 Å². The summed E-state index contributed by atoms with van der Waals surface area (Å²) >= 11 is 2.01. The Bertz CT molecular complexity index is 513. The summed E-state index contributed by atoms with van der Waals surface area (Å²) in [6.45, 7) is 0. The van der Waals surface area contributed by atoms with Gasteiger partial charge in [-0.3, -0.25) is 0 Å². The third kappa shape index (κ3) is 2.87. The van der Waals surface area contributed by atoms with Gasteiger partial charge in [0, 0.05) is 22.6 Å². The smallest absolute Gasteiger partial charge is 0.232 e. The van der Waals surface area contributed by atoms with Crippen molar-refractivity contribution in [3.63, 3.8) is 0 Å². The lowest BCUT2D eigenvalue weighted by atomic mass is 10.1. The van der Waals surface area contributed by atoms with Gasteiger partial charge in [-0.1, -0.05) is 11.2 Å². The molecule has 0 bridgehead atoms. The van der Waals surface area contributed by atoms with Crippen molar-refractivity contribution < 1.29 is 14.0 Å². The molecule has 0 amide bonds. The van der Waals surface area contributed by atoms with Gasteiger partial charge in [0.15, 0.2) is 11.5 Å². The quantitative estimate of drug-likeness (QED) is 0.795. The number of aromatic nitrogens is 2. The average molecular weight is 346 g/mol. The van der Waals surface area contributed by atoms with Crippen LogP contribution in [0.3, 0.4) is 0 Å². The number of benzene rings is 1. The summed E-state index contributed by atoms with van der Waals surface area (Å²) in [6.07, 6.45) is 0.580. The Kier molecular flexibility index (Phi) is 3.82. The summed E-state index contributed by atoms with van der Waals surface area (Å²) in [4.78, 5) is 4.14. The minimum absolute atomic E-state index is 0.580. The molecule has 5 nitrogen and oxygen atoms in total. The second-order valence-corrected chi connectivity index (χ2v) is 4.29. The minimum atomic E-state index is 0.580. The standard InChI is InChI=1S/C11H11IN2O3/c1-15-8-4-3-7(5-9(8)16-2)6-10-13-11(12)14-17-10/h3-5H,6H2,1-2H3. The molecular weight excluding hydrogens is 335 g/mol. The third-order valence-electron chi connectivity index (χ3n) is 2.25. The van der Waals surface area contributed by atoms with Gasteiger partial charge in [0.2, 0.25) is 9.72 Å². The van der Waals surface area contributed by atoms with Crippen LogP contribution in [0.1, 0.15) is 11.5 Å². The second-order valence-electron chi connectivity index (χ2n) is 3.32. The number of hydrogen-bond acceptors (Lipinski definition) is 5. The average Bonchev–Trinajstić information content (AvgIpc) is 2.74. The molecular formula is C11H11IN2O3. The van der Waals surface area contributed by atoms with Crippen molar-refractivity contribution in [1.82, 2.24) is 10.1 Å². The van der Waals surface area contributed by atoms with Crippen molar-refractivity contribution in [3.8, 4) is 11.5 Å². The first-order valence-electron chi connectivity index (χ1n) is 4.92. The summed E-state index contributed by atoms with van der Waals surface area (Å²) in [7, 11) is 3.22. The number of rotatable bonds is 4. The van der Waals surface area contributed by atoms with E-state index >= 15 is 0 Å². The lowest BCUT2D eigenvalue weighted by Crippen LogP contribution is -1.94. The molecule has 0 unspecified atom stereocenters. The Morgan fingerprint density at radius 1 is 1.24 bits per heavy atom. The van der Waals surface area contributed by atoms with E-state index in [1.165, 1.54) is 0 Å². The van der Waals surface area contributed by atoms with Gasteiger partial charge in [-0.25, -0.2) is 0 Å². The zero-order valence-electron chi connectivity index (χ0n) is 9.44. The molecule has 0 aliphatic carbocycles. The maximum Gasteiger partial charge on any atom is 0.232 e. The molecule has 0 N–H and O–H groups in total. The van der Waals surface area contributed by atoms with E-state index in [0.717, 1.165) is 5.56 Å². The van der Waals surface area contributed by atoms with E-state index < -0.39 is 0 Å². The lowest BCUT2D eigenvalue weighted by Gasteiger charge is -2.08. The highest BCUT2D eigenvalue weighted by Gasteiger charge is 2.08. The van der Waals surface area contributed by atoms with Crippen LogP contribution in [0.5, 0.6) is 11.5 Å². The van der Waals surface area contributed by atoms with Crippen molar-refractivity contribution in [1.29, 1.82) is 0 Å². The Morgan fingerprint density at radius 2 is 2.00 bits per heavy atom. The number of halogens is 1. The molecule has 2 aromatic rings. The van der Waals surface area contributed by atoms with Crippen LogP contribution in [0.2, 0.25) is 0 Å². The second kappa shape index (κ2) is 5.35. The summed E-state index contributed by atoms with van der Waals surface area (Å²) in [5, 5.41) is 3.73. The van der Waals surface area contributed by atoms with Crippen LogP contribution < -0.4 is 9.47 Å². The van der Waals surface area contributed by atoms with E-state index in [2.05, 4.69) is 10.1 Å². The maximum atomic E-state index is 5.23. The molecule has 1 aromatic carbocycles. The van der Waals surface area contributed by atoms with Gasteiger partial charge in [-0.15, -0.1) is 0 Å². The Balaban J connectivity index is 2.22. The largest absolute Gasteiger partial charge is 0.493 e. The van der Waals surface area contributed by atoms with Gasteiger partial charge in [-0.2, -0.15) is 4.98 Å². The van der Waals surface area contributed by atoms with Gasteiger partial charge in [0.1, 0.15) is 0 Å². The highest BCUT2D eigenvalue weighted by molar-refractivity contribution is 14.1. The molecule has 0 atom stereocenters. The van der Waals surface area contributed by atoms with E-state index in [-0.39, 0.29) is 0 Å². The summed E-state index contributed by atoms with van der Waals surface area (Å²) in [5.41, 5.74) is 1.03. The minimum Gasteiger partial charge on any atom is -0.493 e. The number of ether oxygens (including phenoxy) is 2. The molecule has 0 aliphatic heterocycles. The monoisotopic (exact) mass is 346 g/mol. The van der Waals surface area contributed by atoms with Crippen molar-refractivity contribution in [2.45, 2.75) is 6.42 Å². The summed E-state index contributed by atoms with van der Waals surface area (Å²) in [5.74, 6) is 1.98. The Hall–Kier alpha value is -1.31. The van der Waals surface area contributed by atoms with Crippen LogP contribution in [0, 0.1) is 3.83 Å². The molecule has 0 spiro atoms. The first-order chi connectivity index (χ1) is 8.22. The number of hydrogen-bond donors (Lipinski definition) is 0. The number of nitrogens with zero attached hydrogens (tertiary/aromatic N) is 2. The molecule has 1 aromatic heterocycles. The highest BCUT2D eigenvalue weighted by atomic mass is 127. The predicted molar refractivity (Wildman–Crippen MR) is 69.4 cm³/mol. The van der Waals surface area contributed by atoms with Gasteiger partial charge >= 0.3 is 0 Å². The van der Waals surface area contributed by atoms with Crippen LogP contribution in [0.4, 0.5) is 0 Å². The Labute approximate surface area is 112 Å². The molecule has 0 aliphatic rings. The molecule has 17 heavy (non-hydrogen) atoms. The van der Waals surface area contributed by atoms with Crippen molar-refractivity contribution in [3.05, 3.63) is 33.5 Å². The van der Waals surface area contributed by atoms with E-state index in [0.29, 0.717) is 27.6 Å². The van der Waals surface area contributed by atoms with Gasteiger partial charge in [0.05, 0.1) is 20.6 Å². The SMILES string of the molecule is COc1ccc(Cc2nc(I)no2)cc1OC. The van der Waals surface area contributed by atoms with Crippen molar-refractivity contribution in [2.75, 3.05) is 14.2 Å². The Morgan fingerprint density at radius 3 is 2.59 bits per heavy atom. The van der Waals surface area contributed by atoms with Crippen molar-refractivity contribution >= 4 is 22.6 Å². The van der Waals surface area contributed by atoms with Gasteiger partial charge in [-0.05, 0) is 17.7 Å². The van der Waals surface area contributed by atoms with E-state index in [1.54, 1.807) is 14.2 Å². The van der Waals surface area contributed by atoms with Crippen LogP contribution in [0.25, 0.3) is 0 Å². The van der Waals surface area contributed by atoms with E-state index in [1.807, 2.05) is 40.8 Å². The summed E-state index contributed by atoms with van der Waals surface area (Å²) < 4.78 is 16.1. The normalized spacial score (nSPS) is 10.3. The molecule has 2 rings (SSSR count). The zero-order valence-corrected chi connectivity index (χ0v) is 11.6. The van der Waals surface area contributed by atoms with Crippen molar-refractivity contribution in [2.24, 2.45) is 0 Å². The van der Waals surface area contributed by atoms with Gasteiger partial charge < -0.3 is 14.0 Å². The first-order valence-corrected chi connectivity index (χ1v) is 6.00. The fourth-order valence-corrected chi connectivity index (χ4v) is 1.84. The predicted octanol–water partition coefficient (Wildman–Crippen LogP) is 2.28. The summed E-state index contributed by atoms with van der Waals surface area (Å²) in [6, 6.07) is 5.70. The maximum absolute atomic E-state index is 5.23.